The lowest BCUT2D eigenvalue weighted by Gasteiger charge is -2.28. The van der Waals surface area contributed by atoms with Crippen molar-refractivity contribution < 1.29 is 14.3 Å². The summed E-state index contributed by atoms with van der Waals surface area (Å²) < 4.78 is 5.12. The van der Waals surface area contributed by atoms with Gasteiger partial charge in [0.05, 0.1) is 18.7 Å². The number of rotatable bonds is 4. The third-order valence-corrected chi connectivity index (χ3v) is 4.27. The van der Waals surface area contributed by atoms with Crippen LogP contribution in [0.25, 0.3) is 0 Å². The van der Waals surface area contributed by atoms with E-state index >= 15 is 0 Å². The quantitative estimate of drug-likeness (QED) is 0.791. The maximum absolute atomic E-state index is 12.9. The minimum Gasteiger partial charge on any atom is -0.497 e. The number of benzene rings is 2. The molecule has 1 atom stereocenters. The molecule has 2 aromatic carbocycles. The van der Waals surface area contributed by atoms with Gasteiger partial charge in [-0.1, -0.05) is 29.8 Å². The molecule has 6 nitrogen and oxygen atoms in total. The van der Waals surface area contributed by atoms with Crippen molar-refractivity contribution in [1.82, 2.24) is 10.6 Å². The van der Waals surface area contributed by atoms with Gasteiger partial charge < -0.3 is 20.7 Å². The maximum Gasteiger partial charge on any atom is 0.319 e. The van der Waals surface area contributed by atoms with Gasteiger partial charge in [0, 0.05) is 11.4 Å². The first-order valence-corrected chi connectivity index (χ1v) is 8.28. The van der Waals surface area contributed by atoms with E-state index < -0.39 is 6.04 Å². The Kier molecular flexibility index (Phi) is 4.93. The minimum absolute atomic E-state index is 0.272. The predicted octanol–water partition coefficient (Wildman–Crippen LogP) is 3.27. The number of anilines is 1. The van der Waals surface area contributed by atoms with Crippen LogP contribution in [0.2, 0.25) is 0 Å². The number of hydrogen-bond acceptors (Lipinski definition) is 3. The monoisotopic (exact) mass is 351 g/mol. The van der Waals surface area contributed by atoms with Gasteiger partial charge in [-0.15, -0.1) is 0 Å². The fraction of sp³-hybridized carbons (Fsp3) is 0.200. The summed E-state index contributed by atoms with van der Waals surface area (Å²) in [5.74, 6) is 0.438. The highest BCUT2D eigenvalue weighted by molar-refractivity contribution is 6.06. The zero-order valence-corrected chi connectivity index (χ0v) is 14.9. The topological polar surface area (TPSA) is 79.5 Å². The second kappa shape index (κ2) is 7.31. The van der Waals surface area contributed by atoms with Crippen molar-refractivity contribution in [2.75, 3.05) is 12.4 Å². The number of ether oxygens (including phenoxy) is 1. The molecule has 0 bridgehead atoms. The smallest absolute Gasteiger partial charge is 0.319 e. The van der Waals surface area contributed by atoms with Crippen LogP contribution >= 0.6 is 0 Å². The number of allylic oxidation sites excluding steroid dienone is 1. The van der Waals surface area contributed by atoms with Crippen LogP contribution in [0.3, 0.4) is 0 Å². The van der Waals surface area contributed by atoms with Crippen molar-refractivity contribution in [3.63, 3.8) is 0 Å². The first-order valence-electron chi connectivity index (χ1n) is 8.28. The summed E-state index contributed by atoms with van der Waals surface area (Å²) in [6, 6.07) is 14.0. The largest absolute Gasteiger partial charge is 0.497 e. The molecule has 26 heavy (non-hydrogen) atoms. The Morgan fingerprint density at radius 1 is 1.04 bits per heavy atom. The van der Waals surface area contributed by atoms with Crippen molar-refractivity contribution in [3.05, 3.63) is 70.9 Å². The average molecular weight is 351 g/mol. The van der Waals surface area contributed by atoms with E-state index in [2.05, 4.69) is 16.0 Å². The molecule has 3 rings (SSSR count). The Hall–Kier alpha value is -3.28. The SMILES string of the molecule is COc1ccc(NC(=O)C2=C(C)NC(=O)N[C@H]2c2ccc(C)cc2)cc1. The van der Waals surface area contributed by atoms with E-state index in [9.17, 15) is 9.59 Å². The standard InChI is InChI=1S/C20H21N3O3/c1-12-4-6-14(7-5-12)18-17(13(2)21-20(25)23-18)19(24)22-15-8-10-16(26-3)11-9-15/h4-11,18H,1-3H3,(H,22,24)(H2,21,23,25)/t18-/m0/s1. The molecular formula is C20H21N3O3. The van der Waals surface area contributed by atoms with E-state index in [1.54, 1.807) is 38.3 Å². The number of carbonyl (C=O) groups excluding carboxylic acids is 2. The van der Waals surface area contributed by atoms with Gasteiger partial charge in [-0.3, -0.25) is 4.79 Å². The lowest BCUT2D eigenvalue weighted by Crippen LogP contribution is -2.45. The minimum atomic E-state index is -0.511. The van der Waals surface area contributed by atoms with Crippen LogP contribution in [-0.2, 0) is 4.79 Å². The normalized spacial score (nSPS) is 16.6. The Bertz CT molecular complexity index is 855. The van der Waals surface area contributed by atoms with Crippen LogP contribution in [0.4, 0.5) is 10.5 Å². The van der Waals surface area contributed by atoms with E-state index in [1.165, 1.54) is 0 Å². The summed E-state index contributed by atoms with van der Waals surface area (Å²) in [5, 5.41) is 8.38. The van der Waals surface area contributed by atoms with E-state index in [0.717, 1.165) is 11.1 Å². The molecule has 0 unspecified atom stereocenters. The molecule has 134 valence electrons. The zero-order valence-electron chi connectivity index (χ0n) is 14.9. The summed E-state index contributed by atoms with van der Waals surface area (Å²) in [7, 11) is 1.59. The Balaban J connectivity index is 1.89. The molecule has 0 radical (unpaired) electrons. The van der Waals surface area contributed by atoms with Crippen LogP contribution in [-0.4, -0.2) is 19.0 Å². The molecule has 1 aliphatic heterocycles. The molecule has 3 N–H and O–H groups in total. The number of amides is 3. The summed E-state index contributed by atoms with van der Waals surface area (Å²) in [6.45, 7) is 3.71. The van der Waals surface area contributed by atoms with Gasteiger partial charge >= 0.3 is 6.03 Å². The van der Waals surface area contributed by atoms with E-state index in [4.69, 9.17) is 4.74 Å². The van der Waals surface area contributed by atoms with Crippen molar-refractivity contribution in [1.29, 1.82) is 0 Å². The van der Waals surface area contributed by atoms with Gasteiger partial charge in [-0.25, -0.2) is 4.79 Å². The van der Waals surface area contributed by atoms with Gasteiger partial charge in [0.15, 0.2) is 0 Å². The van der Waals surface area contributed by atoms with E-state index in [-0.39, 0.29) is 11.9 Å². The summed E-state index contributed by atoms with van der Waals surface area (Å²) in [5.41, 5.74) is 3.62. The van der Waals surface area contributed by atoms with Crippen LogP contribution in [0.15, 0.2) is 59.8 Å². The van der Waals surface area contributed by atoms with Crippen molar-refractivity contribution >= 4 is 17.6 Å². The van der Waals surface area contributed by atoms with Gasteiger partial charge in [0.1, 0.15) is 5.75 Å². The molecule has 3 amide bonds. The molecule has 6 heteroatoms. The van der Waals surface area contributed by atoms with Gasteiger partial charge in [0.25, 0.3) is 5.91 Å². The molecule has 0 saturated carbocycles. The fourth-order valence-electron chi connectivity index (χ4n) is 2.88. The number of urea groups is 1. The van der Waals surface area contributed by atoms with Crippen molar-refractivity contribution in [2.24, 2.45) is 0 Å². The molecule has 1 aliphatic rings. The molecule has 2 aromatic rings. The Morgan fingerprint density at radius 3 is 2.31 bits per heavy atom. The maximum atomic E-state index is 12.9. The lowest BCUT2D eigenvalue weighted by atomic mass is 9.94. The highest BCUT2D eigenvalue weighted by atomic mass is 16.5. The third kappa shape index (κ3) is 3.69. The van der Waals surface area contributed by atoms with Gasteiger partial charge in [0.2, 0.25) is 0 Å². The summed E-state index contributed by atoms with van der Waals surface area (Å²) in [4.78, 5) is 24.8. The highest BCUT2D eigenvalue weighted by Crippen LogP contribution is 2.28. The first-order chi connectivity index (χ1) is 12.5. The fourth-order valence-corrected chi connectivity index (χ4v) is 2.88. The Labute approximate surface area is 152 Å². The van der Waals surface area contributed by atoms with Gasteiger partial charge in [-0.2, -0.15) is 0 Å². The molecule has 0 saturated heterocycles. The molecule has 0 fully saturated rings. The predicted molar refractivity (Wildman–Crippen MR) is 99.9 cm³/mol. The number of aryl methyl sites for hydroxylation is 1. The third-order valence-electron chi connectivity index (χ3n) is 4.27. The van der Waals surface area contributed by atoms with Gasteiger partial charge in [-0.05, 0) is 43.7 Å². The van der Waals surface area contributed by atoms with Crippen LogP contribution in [0, 0.1) is 6.92 Å². The molecule has 0 spiro atoms. The lowest BCUT2D eigenvalue weighted by molar-refractivity contribution is -0.113. The molecular weight excluding hydrogens is 330 g/mol. The second-order valence-electron chi connectivity index (χ2n) is 6.16. The summed E-state index contributed by atoms with van der Waals surface area (Å²) in [6.07, 6.45) is 0. The number of carbonyl (C=O) groups is 2. The van der Waals surface area contributed by atoms with E-state index in [0.29, 0.717) is 22.7 Å². The Morgan fingerprint density at radius 2 is 1.69 bits per heavy atom. The van der Waals surface area contributed by atoms with Crippen LogP contribution in [0.5, 0.6) is 5.75 Å². The number of methoxy groups -OCH3 is 1. The number of hydrogen-bond donors (Lipinski definition) is 3. The van der Waals surface area contributed by atoms with Crippen molar-refractivity contribution in [3.8, 4) is 5.75 Å². The van der Waals surface area contributed by atoms with E-state index in [1.807, 2.05) is 31.2 Å². The number of nitrogens with one attached hydrogen (secondary N) is 3. The van der Waals surface area contributed by atoms with Crippen molar-refractivity contribution in [2.45, 2.75) is 19.9 Å². The van der Waals surface area contributed by atoms with Crippen LogP contribution < -0.4 is 20.7 Å². The highest BCUT2D eigenvalue weighted by Gasteiger charge is 2.31. The second-order valence-corrected chi connectivity index (χ2v) is 6.16. The molecule has 0 aliphatic carbocycles. The average Bonchev–Trinajstić information content (AvgIpc) is 2.62. The molecule has 1 heterocycles. The molecule has 0 aromatic heterocycles. The van der Waals surface area contributed by atoms with Crippen LogP contribution in [0.1, 0.15) is 24.1 Å². The first kappa shape index (κ1) is 17.5. The zero-order chi connectivity index (χ0) is 18.7. The summed E-state index contributed by atoms with van der Waals surface area (Å²) >= 11 is 0.